The molecule has 0 fully saturated rings. The Morgan fingerprint density at radius 1 is 1.33 bits per heavy atom. The Labute approximate surface area is 125 Å². The van der Waals surface area contributed by atoms with Crippen molar-refractivity contribution in [1.29, 1.82) is 0 Å². The van der Waals surface area contributed by atoms with E-state index in [9.17, 15) is 13.2 Å². The van der Waals surface area contributed by atoms with Crippen molar-refractivity contribution >= 4 is 21.9 Å². The summed E-state index contributed by atoms with van der Waals surface area (Å²) < 4.78 is 31.6. The van der Waals surface area contributed by atoms with Gasteiger partial charge in [0.25, 0.3) is 10.1 Å². The first-order valence-corrected chi connectivity index (χ1v) is 8.05. The Morgan fingerprint density at radius 2 is 1.95 bits per heavy atom. The monoisotopic (exact) mass is 316 g/mol. The SMILES string of the molecule is CN(C(=O)OC(C)(C)C)c1ccc(COS(C)(=O)=O)nc1. The van der Waals surface area contributed by atoms with Crippen LogP contribution >= 0.6 is 0 Å². The number of anilines is 1. The van der Waals surface area contributed by atoms with Crippen LogP contribution in [-0.4, -0.2) is 38.4 Å². The molecule has 0 spiro atoms. The number of carbonyl (C=O) groups is 1. The van der Waals surface area contributed by atoms with Gasteiger partial charge in [0, 0.05) is 7.05 Å². The number of nitrogens with zero attached hydrogens (tertiary/aromatic N) is 2. The predicted molar refractivity (Wildman–Crippen MR) is 78.5 cm³/mol. The second kappa shape index (κ2) is 6.40. The van der Waals surface area contributed by atoms with Crippen LogP contribution in [-0.2, 0) is 25.6 Å². The van der Waals surface area contributed by atoms with Gasteiger partial charge in [0.2, 0.25) is 0 Å². The number of amides is 1. The minimum atomic E-state index is -3.51. The number of hydrogen-bond acceptors (Lipinski definition) is 6. The van der Waals surface area contributed by atoms with E-state index in [1.807, 2.05) is 0 Å². The highest BCUT2D eigenvalue weighted by molar-refractivity contribution is 7.85. The average Bonchev–Trinajstić information content (AvgIpc) is 2.33. The topological polar surface area (TPSA) is 85.8 Å². The van der Waals surface area contributed by atoms with Crippen LogP contribution < -0.4 is 4.90 Å². The summed E-state index contributed by atoms with van der Waals surface area (Å²) in [5.74, 6) is 0. The van der Waals surface area contributed by atoms with Gasteiger partial charge in [-0.15, -0.1) is 0 Å². The van der Waals surface area contributed by atoms with Gasteiger partial charge in [-0.3, -0.25) is 14.1 Å². The molecule has 0 unspecified atom stereocenters. The first-order chi connectivity index (χ1) is 9.48. The zero-order valence-corrected chi connectivity index (χ0v) is 13.6. The largest absolute Gasteiger partial charge is 0.443 e. The van der Waals surface area contributed by atoms with E-state index in [-0.39, 0.29) is 6.61 Å². The van der Waals surface area contributed by atoms with E-state index < -0.39 is 21.8 Å². The van der Waals surface area contributed by atoms with Crippen molar-refractivity contribution in [3.63, 3.8) is 0 Å². The molecule has 1 rings (SSSR count). The smallest absolute Gasteiger partial charge is 0.414 e. The molecule has 0 aliphatic carbocycles. The van der Waals surface area contributed by atoms with E-state index in [1.54, 1.807) is 40.0 Å². The molecular weight excluding hydrogens is 296 g/mol. The highest BCUT2D eigenvalue weighted by Gasteiger charge is 2.20. The van der Waals surface area contributed by atoms with Crippen LogP contribution in [0, 0.1) is 0 Å². The van der Waals surface area contributed by atoms with Crippen LogP contribution in [0.1, 0.15) is 26.5 Å². The van der Waals surface area contributed by atoms with Gasteiger partial charge in [0.1, 0.15) is 12.2 Å². The van der Waals surface area contributed by atoms with E-state index in [4.69, 9.17) is 4.74 Å². The van der Waals surface area contributed by atoms with Crippen LogP contribution in [0.3, 0.4) is 0 Å². The van der Waals surface area contributed by atoms with Crippen molar-refractivity contribution in [2.75, 3.05) is 18.2 Å². The lowest BCUT2D eigenvalue weighted by Crippen LogP contribution is -2.34. The van der Waals surface area contributed by atoms with Crippen LogP contribution in [0.4, 0.5) is 10.5 Å². The van der Waals surface area contributed by atoms with Crippen molar-refractivity contribution in [3.05, 3.63) is 24.0 Å². The van der Waals surface area contributed by atoms with Crippen molar-refractivity contribution in [2.45, 2.75) is 33.0 Å². The first-order valence-electron chi connectivity index (χ1n) is 6.24. The van der Waals surface area contributed by atoms with Gasteiger partial charge in [0.05, 0.1) is 23.8 Å². The van der Waals surface area contributed by atoms with E-state index in [2.05, 4.69) is 9.17 Å². The van der Waals surface area contributed by atoms with Gasteiger partial charge in [-0.25, -0.2) is 4.79 Å². The fourth-order valence-electron chi connectivity index (χ4n) is 1.30. The Balaban J connectivity index is 2.71. The molecule has 0 aromatic carbocycles. The van der Waals surface area contributed by atoms with Gasteiger partial charge in [-0.2, -0.15) is 8.42 Å². The molecule has 0 atom stereocenters. The number of rotatable bonds is 4. The number of aromatic nitrogens is 1. The molecule has 0 aliphatic rings. The van der Waals surface area contributed by atoms with E-state index in [0.717, 1.165) is 6.26 Å². The fourth-order valence-corrected chi connectivity index (χ4v) is 1.64. The molecule has 1 aromatic heterocycles. The Morgan fingerprint density at radius 3 is 2.38 bits per heavy atom. The maximum absolute atomic E-state index is 11.9. The third kappa shape index (κ3) is 6.54. The number of ether oxygens (including phenoxy) is 1. The van der Waals surface area contributed by atoms with Crippen molar-refractivity contribution in [1.82, 2.24) is 4.98 Å². The highest BCUT2D eigenvalue weighted by Crippen LogP contribution is 2.16. The summed E-state index contributed by atoms with van der Waals surface area (Å²) in [7, 11) is -1.94. The van der Waals surface area contributed by atoms with E-state index in [1.165, 1.54) is 11.1 Å². The second-order valence-corrected chi connectivity index (χ2v) is 7.16. The molecule has 0 saturated heterocycles. The summed E-state index contributed by atoms with van der Waals surface area (Å²) in [4.78, 5) is 17.2. The average molecular weight is 316 g/mol. The summed E-state index contributed by atoms with van der Waals surface area (Å²) in [5, 5.41) is 0. The van der Waals surface area contributed by atoms with Crippen LogP contribution in [0.15, 0.2) is 18.3 Å². The summed E-state index contributed by atoms with van der Waals surface area (Å²) >= 11 is 0. The predicted octanol–water partition coefficient (Wildman–Crippen LogP) is 1.93. The van der Waals surface area contributed by atoms with Gasteiger partial charge < -0.3 is 4.74 Å². The molecule has 1 amide bonds. The fraction of sp³-hybridized carbons (Fsp3) is 0.538. The Kier molecular flexibility index (Phi) is 5.30. The molecule has 0 N–H and O–H groups in total. The second-order valence-electron chi connectivity index (χ2n) is 5.51. The van der Waals surface area contributed by atoms with E-state index in [0.29, 0.717) is 11.4 Å². The summed E-state index contributed by atoms with van der Waals surface area (Å²) in [5.41, 5.74) is 0.399. The van der Waals surface area contributed by atoms with Gasteiger partial charge in [-0.1, -0.05) is 0 Å². The summed E-state index contributed by atoms with van der Waals surface area (Å²) in [6, 6.07) is 3.22. The van der Waals surface area contributed by atoms with Crippen LogP contribution in [0.25, 0.3) is 0 Å². The zero-order chi connectivity index (χ0) is 16.3. The lowest BCUT2D eigenvalue weighted by atomic mass is 10.2. The molecule has 0 radical (unpaired) electrons. The number of carbonyl (C=O) groups excluding carboxylic acids is 1. The van der Waals surface area contributed by atoms with Crippen LogP contribution in [0.5, 0.6) is 0 Å². The molecule has 0 aliphatic heterocycles. The van der Waals surface area contributed by atoms with Crippen molar-refractivity contribution in [2.24, 2.45) is 0 Å². The van der Waals surface area contributed by atoms with E-state index >= 15 is 0 Å². The van der Waals surface area contributed by atoms with Gasteiger partial charge in [0.15, 0.2) is 0 Å². The lowest BCUT2D eigenvalue weighted by molar-refractivity contribution is 0.0589. The van der Waals surface area contributed by atoms with Crippen LogP contribution in [0.2, 0.25) is 0 Å². The number of pyridine rings is 1. The number of hydrogen-bond donors (Lipinski definition) is 0. The third-order valence-corrected chi connectivity index (χ3v) is 2.83. The quantitative estimate of drug-likeness (QED) is 0.789. The molecule has 1 heterocycles. The maximum atomic E-state index is 11.9. The Bertz CT molecular complexity index is 590. The Hall–Kier alpha value is -1.67. The first kappa shape index (κ1) is 17.4. The minimum Gasteiger partial charge on any atom is -0.443 e. The zero-order valence-electron chi connectivity index (χ0n) is 12.8. The maximum Gasteiger partial charge on any atom is 0.414 e. The van der Waals surface area contributed by atoms with Crippen molar-refractivity contribution < 1.29 is 22.1 Å². The molecular formula is C13H20N2O5S. The molecule has 8 heteroatoms. The standard InChI is InChI=1S/C13H20N2O5S/c1-13(2,3)20-12(16)15(4)11-7-6-10(14-8-11)9-19-21(5,17)18/h6-8H,9H2,1-5H3. The third-order valence-electron chi connectivity index (χ3n) is 2.28. The normalized spacial score (nSPS) is 12.0. The minimum absolute atomic E-state index is 0.144. The molecule has 0 saturated carbocycles. The molecule has 21 heavy (non-hydrogen) atoms. The molecule has 1 aromatic rings. The summed E-state index contributed by atoms with van der Waals surface area (Å²) in [6.07, 6.45) is 1.92. The van der Waals surface area contributed by atoms with Gasteiger partial charge in [-0.05, 0) is 32.9 Å². The van der Waals surface area contributed by atoms with Crippen molar-refractivity contribution in [3.8, 4) is 0 Å². The highest BCUT2D eigenvalue weighted by atomic mass is 32.2. The molecule has 0 bridgehead atoms. The lowest BCUT2D eigenvalue weighted by Gasteiger charge is -2.24. The summed E-state index contributed by atoms with van der Waals surface area (Å²) in [6.45, 7) is 5.20. The molecule has 7 nitrogen and oxygen atoms in total. The molecule has 118 valence electrons. The van der Waals surface area contributed by atoms with Gasteiger partial charge >= 0.3 is 6.09 Å².